The van der Waals surface area contributed by atoms with Gasteiger partial charge in [-0.25, -0.2) is 0 Å². The van der Waals surface area contributed by atoms with Gasteiger partial charge in [0.15, 0.2) is 0 Å². The Bertz CT molecular complexity index is 552. The Morgan fingerprint density at radius 1 is 1.42 bits per heavy atom. The van der Waals surface area contributed by atoms with Gasteiger partial charge in [0.1, 0.15) is 6.10 Å². The van der Waals surface area contributed by atoms with Crippen molar-refractivity contribution in [2.75, 3.05) is 19.7 Å². The molecule has 1 unspecified atom stereocenters. The Balaban J connectivity index is 1.70. The van der Waals surface area contributed by atoms with Crippen LogP contribution >= 0.6 is 11.6 Å². The van der Waals surface area contributed by atoms with Crippen molar-refractivity contribution in [1.29, 1.82) is 0 Å². The summed E-state index contributed by atoms with van der Waals surface area (Å²) < 4.78 is 10.8. The number of nitrogens with one attached hydrogen (secondary N) is 1. The lowest BCUT2D eigenvalue weighted by Gasteiger charge is -2.20. The van der Waals surface area contributed by atoms with Gasteiger partial charge in [0.05, 0.1) is 13.0 Å². The topological polar surface area (TPSA) is 60.2 Å². The lowest BCUT2D eigenvalue weighted by molar-refractivity contribution is 0.0208. The molecule has 2 heterocycles. The summed E-state index contributed by atoms with van der Waals surface area (Å²) in [6.45, 7) is 2.25. The van der Waals surface area contributed by atoms with E-state index in [1.54, 1.807) is 0 Å². The van der Waals surface area contributed by atoms with Crippen molar-refractivity contribution in [3.63, 3.8) is 0 Å². The summed E-state index contributed by atoms with van der Waals surface area (Å²) >= 11 is 5.94. The van der Waals surface area contributed by atoms with Crippen LogP contribution in [-0.4, -0.2) is 29.8 Å². The molecule has 6 heteroatoms. The van der Waals surface area contributed by atoms with Crippen LogP contribution in [0.3, 0.4) is 0 Å². The molecule has 1 aliphatic rings. The molecule has 0 aliphatic carbocycles. The fourth-order valence-electron chi connectivity index (χ4n) is 2.02. The number of nitrogens with zero attached hydrogens (tertiary/aromatic N) is 2. The number of benzene rings is 1. The van der Waals surface area contributed by atoms with E-state index in [9.17, 15) is 0 Å². The summed E-state index contributed by atoms with van der Waals surface area (Å²) in [7, 11) is 0. The molecule has 100 valence electrons. The maximum atomic E-state index is 5.94. The predicted molar refractivity (Wildman–Crippen MR) is 70.1 cm³/mol. The Morgan fingerprint density at radius 2 is 2.37 bits per heavy atom. The van der Waals surface area contributed by atoms with E-state index in [-0.39, 0.29) is 6.10 Å². The summed E-state index contributed by atoms with van der Waals surface area (Å²) in [5.41, 5.74) is 1.05. The number of rotatable bonds is 3. The van der Waals surface area contributed by atoms with E-state index in [1.165, 1.54) is 0 Å². The Kier molecular flexibility index (Phi) is 3.77. The van der Waals surface area contributed by atoms with Crippen LogP contribution in [0.5, 0.6) is 0 Å². The van der Waals surface area contributed by atoms with Crippen LogP contribution in [-0.2, 0) is 11.2 Å². The number of morpholine rings is 1. The van der Waals surface area contributed by atoms with Gasteiger partial charge in [-0.3, -0.25) is 0 Å². The summed E-state index contributed by atoms with van der Waals surface area (Å²) in [6, 6.07) is 7.62. The Labute approximate surface area is 115 Å². The molecule has 0 bridgehead atoms. The van der Waals surface area contributed by atoms with Crippen LogP contribution in [0.1, 0.15) is 23.4 Å². The van der Waals surface area contributed by atoms with Gasteiger partial charge in [0, 0.05) is 18.1 Å². The molecule has 0 saturated carbocycles. The van der Waals surface area contributed by atoms with Crippen LogP contribution in [0.15, 0.2) is 28.8 Å². The molecule has 1 saturated heterocycles. The van der Waals surface area contributed by atoms with E-state index in [0.717, 1.165) is 18.7 Å². The predicted octanol–water partition coefficient (Wildman–Crippen LogP) is 1.97. The highest BCUT2D eigenvalue weighted by Gasteiger charge is 2.21. The first-order chi connectivity index (χ1) is 9.31. The standard InChI is InChI=1S/C13H14ClN3O2/c14-10-3-1-2-9(6-10)7-12-16-13(17-19-12)11-8-15-4-5-18-11/h1-3,6,11,15H,4-5,7-8H2. The molecule has 1 aliphatic heterocycles. The average Bonchev–Trinajstić information content (AvgIpc) is 2.88. The molecule has 2 aromatic rings. The maximum absolute atomic E-state index is 5.94. The van der Waals surface area contributed by atoms with Crippen LogP contribution in [0, 0.1) is 0 Å². The quantitative estimate of drug-likeness (QED) is 0.931. The van der Waals surface area contributed by atoms with Crippen molar-refractivity contribution < 1.29 is 9.26 Å². The van der Waals surface area contributed by atoms with Crippen LogP contribution in [0.4, 0.5) is 0 Å². The first kappa shape index (κ1) is 12.6. The third-order valence-corrected chi connectivity index (χ3v) is 3.18. The highest BCUT2D eigenvalue weighted by molar-refractivity contribution is 6.30. The average molecular weight is 280 g/mol. The largest absolute Gasteiger partial charge is 0.367 e. The van der Waals surface area contributed by atoms with E-state index in [2.05, 4.69) is 15.5 Å². The molecule has 0 amide bonds. The van der Waals surface area contributed by atoms with Crippen molar-refractivity contribution in [3.8, 4) is 0 Å². The van der Waals surface area contributed by atoms with E-state index < -0.39 is 0 Å². The van der Waals surface area contributed by atoms with E-state index >= 15 is 0 Å². The minimum absolute atomic E-state index is 0.120. The van der Waals surface area contributed by atoms with Crippen LogP contribution in [0.2, 0.25) is 5.02 Å². The molecule has 1 atom stereocenters. The summed E-state index contributed by atoms with van der Waals surface area (Å²) in [6.07, 6.45) is 0.457. The van der Waals surface area contributed by atoms with Gasteiger partial charge in [-0.1, -0.05) is 28.9 Å². The monoisotopic (exact) mass is 279 g/mol. The second-order valence-electron chi connectivity index (χ2n) is 4.42. The highest BCUT2D eigenvalue weighted by atomic mass is 35.5. The zero-order valence-electron chi connectivity index (χ0n) is 10.3. The number of hydrogen-bond acceptors (Lipinski definition) is 5. The van der Waals surface area contributed by atoms with Gasteiger partial charge in [-0.2, -0.15) is 4.98 Å². The molecule has 1 aromatic heterocycles. The number of halogens is 1. The van der Waals surface area contributed by atoms with E-state index in [0.29, 0.717) is 29.8 Å². The maximum Gasteiger partial charge on any atom is 0.231 e. The first-order valence-electron chi connectivity index (χ1n) is 6.20. The lowest BCUT2D eigenvalue weighted by atomic mass is 10.1. The summed E-state index contributed by atoms with van der Waals surface area (Å²) in [5.74, 6) is 1.18. The molecular weight excluding hydrogens is 266 g/mol. The third kappa shape index (κ3) is 3.12. The minimum Gasteiger partial charge on any atom is -0.367 e. The molecule has 1 aromatic carbocycles. The molecule has 19 heavy (non-hydrogen) atoms. The van der Waals surface area contributed by atoms with Crippen molar-refractivity contribution in [2.24, 2.45) is 0 Å². The summed E-state index contributed by atoms with van der Waals surface area (Å²) in [4.78, 5) is 4.37. The minimum atomic E-state index is -0.120. The van der Waals surface area contributed by atoms with Crippen molar-refractivity contribution in [3.05, 3.63) is 46.6 Å². The normalized spacial score (nSPS) is 19.5. The molecule has 0 spiro atoms. The third-order valence-electron chi connectivity index (χ3n) is 2.94. The SMILES string of the molecule is Clc1cccc(Cc2nc(C3CNCCO3)no2)c1. The van der Waals surface area contributed by atoms with Crippen molar-refractivity contribution in [1.82, 2.24) is 15.5 Å². The van der Waals surface area contributed by atoms with Crippen LogP contribution in [0.25, 0.3) is 0 Å². The number of ether oxygens (including phenoxy) is 1. The van der Waals surface area contributed by atoms with Crippen molar-refractivity contribution in [2.45, 2.75) is 12.5 Å². The highest BCUT2D eigenvalue weighted by Crippen LogP contribution is 2.18. The molecule has 1 fully saturated rings. The smallest absolute Gasteiger partial charge is 0.231 e. The fourth-order valence-corrected chi connectivity index (χ4v) is 2.24. The second-order valence-corrected chi connectivity index (χ2v) is 4.85. The van der Waals surface area contributed by atoms with E-state index in [1.807, 2.05) is 24.3 Å². The zero-order chi connectivity index (χ0) is 13.1. The molecule has 0 radical (unpaired) electrons. The second kappa shape index (κ2) is 5.69. The number of aromatic nitrogens is 2. The molecule has 1 N–H and O–H groups in total. The van der Waals surface area contributed by atoms with Crippen molar-refractivity contribution >= 4 is 11.6 Å². The Hall–Kier alpha value is -1.43. The van der Waals surface area contributed by atoms with Gasteiger partial charge in [-0.15, -0.1) is 0 Å². The lowest BCUT2D eigenvalue weighted by Crippen LogP contribution is -2.33. The van der Waals surface area contributed by atoms with E-state index in [4.69, 9.17) is 20.9 Å². The Morgan fingerprint density at radius 3 is 3.16 bits per heavy atom. The van der Waals surface area contributed by atoms with Gasteiger partial charge in [0.25, 0.3) is 0 Å². The zero-order valence-corrected chi connectivity index (χ0v) is 11.1. The van der Waals surface area contributed by atoms with Gasteiger partial charge >= 0.3 is 0 Å². The number of hydrogen-bond donors (Lipinski definition) is 1. The molecular formula is C13H14ClN3O2. The van der Waals surface area contributed by atoms with Gasteiger partial charge in [0.2, 0.25) is 11.7 Å². The summed E-state index contributed by atoms with van der Waals surface area (Å²) in [5, 5.41) is 7.92. The van der Waals surface area contributed by atoms with Gasteiger partial charge in [-0.05, 0) is 17.7 Å². The molecule has 5 nitrogen and oxygen atoms in total. The van der Waals surface area contributed by atoms with Gasteiger partial charge < -0.3 is 14.6 Å². The molecule has 3 rings (SSSR count). The first-order valence-corrected chi connectivity index (χ1v) is 6.58. The van der Waals surface area contributed by atoms with Crippen LogP contribution < -0.4 is 5.32 Å². The fraction of sp³-hybridized carbons (Fsp3) is 0.385.